The first kappa shape index (κ1) is 14.6. The van der Waals surface area contributed by atoms with Crippen LogP contribution in [0.3, 0.4) is 0 Å². The molecule has 0 saturated heterocycles. The highest BCUT2D eigenvalue weighted by Crippen LogP contribution is 2.31. The van der Waals surface area contributed by atoms with Crippen LogP contribution >= 0.6 is 27.5 Å². The van der Waals surface area contributed by atoms with E-state index in [9.17, 15) is 15.2 Å². The molecule has 2 rings (SSSR count). The zero-order chi connectivity index (χ0) is 14.7. The maximum absolute atomic E-state index is 11.0. The highest BCUT2D eigenvalue weighted by molar-refractivity contribution is 9.10. The molecule has 0 aliphatic carbocycles. The van der Waals surface area contributed by atoms with E-state index in [1.165, 1.54) is 24.3 Å². The summed E-state index contributed by atoms with van der Waals surface area (Å²) in [6.45, 7) is -0.0117. The fourth-order valence-corrected chi connectivity index (χ4v) is 2.32. The molecule has 2 aromatic carbocycles. The van der Waals surface area contributed by atoms with Crippen LogP contribution in [0.2, 0.25) is 5.02 Å². The zero-order valence-corrected chi connectivity index (χ0v) is 12.4. The largest absolute Gasteiger partial charge is 0.508 e. The molecular weight excluding hydrogens is 350 g/mol. The van der Waals surface area contributed by atoms with Crippen molar-refractivity contribution in [2.24, 2.45) is 0 Å². The molecule has 0 radical (unpaired) electrons. The molecule has 0 aromatic heterocycles. The lowest BCUT2D eigenvalue weighted by Gasteiger charge is -2.10. The van der Waals surface area contributed by atoms with Gasteiger partial charge < -0.3 is 9.84 Å². The molecule has 0 atom stereocenters. The van der Waals surface area contributed by atoms with Gasteiger partial charge in [0.2, 0.25) is 0 Å². The van der Waals surface area contributed by atoms with E-state index in [4.69, 9.17) is 16.3 Å². The molecule has 0 aliphatic rings. The molecule has 0 unspecified atom stereocenters. The number of phenols is 1. The van der Waals surface area contributed by atoms with Gasteiger partial charge >= 0.3 is 0 Å². The molecule has 5 nitrogen and oxygen atoms in total. The molecule has 0 aliphatic heterocycles. The Morgan fingerprint density at radius 2 is 2.10 bits per heavy atom. The molecule has 20 heavy (non-hydrogen) atoms. The Morgan fingerprint density at radius 1 is 1.35 bits per heavy atom. The quantitative estimate of drug-likeness (QED) is 0.653. The Kier molecular flexibility index (Phi) is 4.46. The minimum Gasteiger partial charge on any atom is -0.508 e. The van der Waals surface area contributed by atoms with Gasteiger partial charge in [0.05, 0.1) is 15.5 Å². The Labute approximate surface area is 128 Å². The van der Waals surface area contributed by atoms with Gasteiger partial charge in [-0.05, 0) is 18.2 Å². The van der Waals surface area contributed by atoms with Crippen molar-refractivity contribution in [3.8, 4) is 11.5 Å². The van der Waals surface area contributed by atoms with Crippen molar-refractivity contribution in [3.63, 3.8) is 0 Å². The Hall–Kier alpha value is -1.79. The Balaban J connectivity index is 2.25. The summed E-state index contributed by atoms with van der Waals surface area (Å²) in [6, 6.07) is 8.95. The van der Waals surface area contributed by atoms with Crippen LogP contribution in [-0.2, 0) is 6.61 Å². The lowest BCUT2D eigenvalue weighted by atomic mass is 10.2. The second kappa shape index (κ2) is 6.11. The monoisotopic (exact) mass is 357 g/mol. The fraction of sp³-hybridized carbons (Fsp3) is 0.0769. The van der Waals surface area contributed by atoms with Gasteiger partial charge in [-0.2, -0.15) is 0 Å². The Bertz CT molecular complexity index is 663. The third kappa shape index (κ3) is 3.20. The molecule has 0 amide bonds. The van der Waals surface area contributed by atoms with Crippen molar-refractivity contribution < 1.29 is 14.8 Å². The smallest absolute Gasteiger partial charge is 0.277 e. The van der Waals surface area contributed by atoms with E-state index in [-0.39, 0.29) is 23.1 Å². The van der Waals surface area contributed by atoms with Crippen molar-refractivity contribution in [1.29, 1.82) is 0 Å². The minimum absolute atomic E-state index is 0.0117. The molecule has 0 spiro atoms. The SMILES string of the molecule is O=[N+]([O-])c1cccc(Br)c1COc1ccc(O)cc1Cl. The van der Waals surface area contributed by atoms with Crippen LogP contribution < -0.4 is 4.74 Å². The van der Waals surface area contributed by atoms with E-state index in [2.05, 4.69) is 15.9 Å². The first-order valence-electron chi connectivity index (χ1n) is 5.52. The number of ether oxygens (including phenoxy) is 1. The molecule has 0 saturated carbocycles. The molecule has 0 bridgehead atoms. The van der Waals surface area contributed by atoms with Crippen LogP contribution in [0.4, 0.5) is 5.69 Å². The highest BCUT2D eigenvalue weighted by atomic mass is 79.9. The van der Waals surface area contributed by atoms with E-state index in [0.29, 0.717) is 15.8 Å². The summed E-state index contributed by atoms with van der Waals surface area (Å²) in [4.78, 5) is 10.5. The number of hydrogen-bond acceptors (Lipinski definition) is 4. The second-order valence-corrected chi connectivity index (χ2v) is 5.16. The number of nitrogens with zero attached hydrogens (tertiary/aromatic N) is 1. The van der Waals surface area contributed by atoms with Crippen molar-refractivity contribution in [3.05, 3.63) is 61.6 Å². The average Bonchev–Trinajstić information content (AvgIpc) is 2.38. The van der Waals surface area contributed by atoms with Crippen molar-refractivity contribution in [1.82, 2.24) is 0 Å². The van der Waals surface area contributed by atoms with Gasteiger partial charge in [-0.25, -0.2) is 0 Å². The van der Waals surface area contributed by atoms with E-state index in [1.54, 1.807) is 12.1 Å². The number of halogens is 2. The third-order valence-corrected chi connectivity index (χ3v) is 3.62. The molecule has 2 aromatic rings. The van der Waals surface area contributed by atoms with E-state index in [0.717, 1.165) is 0 Å². The zero-order valence-electron chi connectivity index (χ0n) is 10.0. The van der Waals surface area contributed by atoms with Gasteiger partial charge in [0.1, 0.15) is 18.1 Å². The third-order valence-electron chi connectivity index (χ3n) is 2.58. The summed E-state index contributed by atoms with van der Waals surface area (Å²) < 4.78 is 6.06. The maximum atomic E-state index is 11.0. The Morgan fingerprint density at radius 3 is 2.75 bits per heavy atom. The van der Waals surface area contributed by atoms with Crippen molar-refractivity contribution >= 4 is 33.2 Å². The predicted molar refractivity (Wildman–Crippen MR) is 78.2 cm³/mol. The number of rotatable bonds is 4. The van der Waals surface area contributed by atoms with Crippen LogP contribution in [0.1, 0.15) is 5.56 Å². The summed E-state index contributed by atoms with van der Waals surface area (Å²) in [7, 11) is 0. The number of benzene rings is 2. The average molecular weight is 359 g/mol. The first-order valence-corrected chi connectivity index (χ1v) is 6.69. The van der Waals surface area contributed by atoms with Gasteiger partial charge in [-0.15, -0.1) is 0 Å². The lowest BCUT2D eigenvalue weighted by Crippen LogP contribution is -2.02. The maximum Gasteiger partial charge on any atom is 0.277 e. The fourth-order valence-electron chi connectivity index (χ4n) is 1.62. The van der Waals surface area contributed by atoms with Crippen LogP contribution in [-0.4, -0.2) is 10.0 Å². The standard InChI is InChI=1S/C13H9BrClNO4/c14-10-2-1-3-12(16(18)19)9(10)7-20-13-5-4-8(17)6-11(13)15/h1-6,17H,7H2. The van der Waals surface area contributed by atoms with Crippen LogP contribution in [0.15, 0.2) is 40.9 Å². The number of aromatic hydroxyl groups is 1. The number of nitro benzene ring substituents is 1. The number of nitro groups is 1. The summed E-state index contributed by atoms with van der Waals surface area (Å²) in [5.74, 6) is 0.365. The molecule has 104 valence electrons. The topological polar surface area (TPSA) is 72.6 Å². The van der Waals surface area contributed by atoms with Crippen LogP contribution in [0.5, 0.6) is 11.5 Å². The summed E-state index contributed by atoms with van der Waals surface area (Å²) in [5, 5.41) is 20.4. The van der Waals surface area contributed by atoms with Gasteiger partial charge in [-0.3, -0.25) is 10.1 Å². The summed E-state index contributed by atoms with van der Waals surface area (Å²) >= 11 is 9.17. The molecule has 1 N–H and O–H groups in total. The highest BCUT2D eigenvalue weighted by Gasteiger charge is 2.17. The normalized spacial score (nSPS) is 10.3. The number of hydrogen-bond donors (Lipinski definition) is 1. The lowest BCUT2D eigenvalue weighted by molar-refractivity contribution is -0.385. The van der Waals surface area contributed by atoms with E-state index in [1.807, 2.05) is 0 Å². The van der Waals surface area contributed by atoms with Gasteiger partial charge in [0, 0.05) is 16.6 Å². The molecular formula is C13H9BrClNO4. The van der Waals surface area contributed by atoms with Crippen LogP contribution in [0, 0.1) is 10.1 Å². The van der Waals surface area contributed by atoms with Gasteiger partial charge in [0.25, 0.3) is 5.69 Å². The molecule has 7 heteroatoms. The second-order valence-electron chi connectivity index (χ2n) is 3.90. The van der Waals surface area contributed by atoms with E-state index < -0.39 is 4.92 Å². The predicted octanol–water partition coefficient (Wildman–Crippen LogP) is 4.30. The number of phenolic OH excluding ortho intramolecular Hbond substituents is 1. The van der Waals surface area contributed by atoms with Crippen molar-refractivity contribution in [2.75, 3.05) is 0 Å². The molecule has 0 heterocycles. The van der Waals surface area contributed by atoms with Gasteiger partial charge in [-0.1, -0.05) is 33.6 Å². The molecule has 0 fully saturated rings. The van der Waals surface area contributed by atoms with E-state index >= 15 is 0 Å². The van der Waals surface area contributed by atoms with Gasteiger partial charge in [0.15, 0.2) is 0 Å². The minimum atomic E-state index is -0.470. The van der Waals surface area contributed by atoms with Crippen LogP contribution in [0.25, 0.3) is 0 Å². The first-order chi connectivity index (χ1) is 9.49. The summed E-state index contributed by atoms with van der Waals surface area (Å²) in [5.41, 5.74) is 0.385. The summed E-state index contributed by atoms with van der Waals surface area (Å²) in [6.07, 6.45) is 0. The van der Waals surface area contributed by atoms with Crippen molar-refractivity contribution in [2.45, 2.75) is 6.61 Å².